The third-order valence-electron chi connectivity index (χ3n) is 5.39. The second-order valence-corrected chi connectivity index (χ2v) is 7.88. The van der Waals surface area contributed by atoms with E-state index < -0.39 is 17.6 Å². The van der Waals surface area contributed by atoms with Crippen molar-refractivity contribution in [3.05, 3.63) is 93.9 Å². The molecule has 0 bridgehead atoms. The molecule has 1 N–H and O–H groups in total. The molecule has 162 valence electrons. The van der Waals surface area contributed by atoms with Crippen LogP contribution in [0.25, 0.3) is 5.57 Å². The number of imide groups is 1. The fourth-order valence-corrected chi connectivity index (χ4v) is 3.71. The summed E-state index contributed by atoms with van der Waals surface area (Å²) in [6.45, 7) is 3.86. The summed E-state index contributed by atoms with van der Waals surface area (Å²) in [7, 11) is 1.49. The van der Waals surface area contributed by atoms with E-state index >= 15 is 0 Å². The second-order valence-electron chi connectivity index (χ2n) is 7.44. The summed E-state index contributed by atoms with van der Waals surface area (Å²) in [5.74, 6) is -1.03. The number of hydrogen-bond acceptors (Lipinski definition) is 4. The molecule has 0 spiro atoms. The van der Waals surface area contributed by atoms with E-state index in [9.17, 15) is 14.0 Å². The van der Waals surface area contributed by atoms with E-state index in [0.29, 0.717) is 27.7 Å². The molecule has 4 rings (SSSR count). The van der Waals surface area contributed by atoms with Crippen LogP contribution >= 0.6 is 11.6 Å². The minimum absolute atomic E-state index is 0.0559. The van der Waals surface area contributed by atoms with Gasteiger partial charge in [0.25, 0.3) is 11.8 Å². The zero-order valence-corrected chi connectivity index (χ0v) is 18.5. The summed E-state index contributed by atoms with van der Waals surface area (Å²) in [4.78, 5) is 28.1. The highest BCUT2D eigenvalue weighted by atomic mass is 35.5. The largest absolute Gasteiger partial charge is 0.495 e. The number of hydrogen-bond donors (Lipinski definition) is 1. The maximum atomic E-state index is 13.5. The summed E-state index contributed by atoms with van der Waals surface area (Å²) < 4.78 is 18.9. The number of carbonyl (C=O) groups excluding carboxylic acids is 2. The standard InChI is InChI=1S/C25H20ClFN2O3/c1-14-4-10-19(12-15(14)2)29-24(30)22(16-5-8-18(27)9-6-16)23(25(29)31)28-20-13-17(26)7-11-21(20)32-3/h4-13,28H,1-3H3. The van der Waals surface area contributed by atoms with Crippen molar-refractivity contribution in [2.45, 2.75) is 13.8 Å². The summed E-state index contributed by atoms with van der Waals surface area (Å²) in [6, 6.07) is 15.7. The molecule has 0 fully saturated rings. The number of aryl methyl sites for hydroxylation is 2. The Morgan fingerprint density at radius 3 is 2.28 bits per heavy atom. The topological polar surface area (TPSA) is 58.6 Å². The lowest BCUT2D eigenvalue weighted by atomic mass is 10.0. The first-order valence-corrected chi connectivity index (χ1v) is 10.2. The molecule has 0 unspecified atom stereocenters. The summed E-state index contributed by atoms with van der Waals surface area (Å²) in [5.41, 5.74) is 3.48. The molecule has 32 heavy (non-hydrogen) atoms. The van der Waals surface area contributed by atoms with Crippen LogP contribution in [0.15, 0.2) is 66.4 Å². The minimum atomic E-state index is -0.528. The van der Waals surface area contributed by atoms with Gasteiger partial charge in [-0.25, -0.2) is 9.29 Å². The van der Waals surface area contributed by atoms with Crippen LogP contribution < -0.4 is 15.0 Å². The highest BCUT2D eigenvalue weighted by Crippen LogP contribution is 2.37. The third-order valence-corrected chi connectivity index (χ3v) is 5.62. The van der Waals surface area contributed by atoms with Gasteiger partial charge in [0.05, 0.1) is 24.1 Å². The van der Waals surface area contributed by atoms with E-state index in [-0.39, 0.29) is 11.3 Å². The van der Waals surface area contributed by atoms with E-state index in [0.717, 1.165) is 16.0 Å². The molecule has 0 aromatic heterocycles. The summed E-state index contributed by atoms with van der Waals surface area (Å²) in [5, 5.41) is 3.47. The molecule has 7 heteroatoms. The van der Waals surface area contributed by atoms with Gasteiger partial charge in [0.15, 0.2) is 0 Å². The van der Waals surface area contributed by atoms with Gasteiger partial charge in [0.2, 0.25) is 0 Å². The molecule has 0 atom stereocenters. The fraction of sp³-hybridized carbons (Fsp3) is 0.120. The quantitative estimate of drug-likeness (QED) is 0.521. The Bertz CT molecular complexity index is 1270. The molecule has 1 aliphatic heterocycles. The smallest absolute Gasteiger partial charge is 0.282 e. The number of halogens is 2. The lowest BCUT2D eigenvalue weighted by molar-refractivity contribution is -0.120. The van der Waals surface area contributed by atoms with Crippen LogP contribution in [0.3, 0.4) is 0 Å². The normalized spacial score (nSPS) is 13.7. The van der Waals surface area contributed by atoms with Crippen LogP contribution in [0.1, 0.15) is 16.7 Å². The van der Waals surface area contributed by atoms with Crippen molar-refractivity contribution >= 4 is 40.4 Å². The first-order valence-electron chi connectivity index (χ1n) is 9.87. The maximum absolute atomic E-state index is 13.5. The number of methoxy groups -OCH3 is 1. The molecule has 3 aromatic carbocycles. The van der Waals surface area contributed by atoms with Gasteiger partial charge in [-0.05, 0) is 73.0 Å². The highest BCUT2D eigenvalue weighted by molar-refractivity contribution is 6.46. The third kappa shape index (κ3) is 3.85. The molecule has 1 aliphatic rings. The van der Waals surface area contributed by atoms with Crippen LogP contribution in [0, 0.1) is 19.7 Å². The molecule has 5 nitrogen and oxygen atoms in total. The fourth-order valence-electron chi connectivity index (χ4n) is 3.54. The Morgan fingerprint density at radius 1 is 0.906 bits per heavy atom. The average Bonchev–Trinajstić information content (AvgIpc) is 3.00. The Balaban J connectivity index is 1.86. The number of carbonyl (C=O) groups is 2. The van der Waals surface area contributed by atoms with Crippen LogP contribution in [-0.2, 0) is 9.59 Å². The van der Waals surface area contributed by atoms with Crippen molar-refractivity contribution in [3.8, 4) is 5.75 Å². The van der Waals surface area contributed by atoms with E-state index in [2.05, 4.69) is 5.32 Å². The zero-order chi connectivity index (χ0) is 23.0. The lowest BCUT2D eigenvalue weighted by Gasteiger charge is -2.17. The number of anilines is 2. The van der Waals surface area contributed by atoms with Crippen LogP contribution in [0.2, 0.25) is 5.02 Å². The van der Waals surface area contributed by atoms with E-state index in [1.807, 2.05) is 19.9 Å². The van der Waals surface area contributed by atoms with Gasteiger partial charge in [0.1, 0.15) is 17.3 Å². The summed E-state index contributed by atoms with van der Waals surface area (Å²) in [6.07, 6.45) is 0. The van der Waals surface area contributed by atoms with Crippen molar-refractivity contribution < 1.29 is 18.7 Å². The Kier molecular flexibility index (Phi) is 5.72. The first kappa shape index (κ1) is 21.6. The van der Waals surface area contributed by atoms with Gasteiger partial charge in [-0.2, -0.15) is 0 Å². The Hall–Kier alpha value is -3.64. The number of nitrogens with zero attached hydrogens (tertiary/aromatic N) is 1. The van der Waals surface area contributed by atoms with Gasteiger partial charge < -0.3 is 10.1 Å². The van der Waals surface area contributed by atoms with Crippen molar-refractivity contribution in [2.24, 2.45) is 0 Å². The number of benzene rings is 3. The monoisotopic (exact) mass is 450 g/mol. The van der Waals surface area contributed by atoms with Crippen LogP contribution in [0.4, 0.5) is 15.8 Å². The van der Waals surface area contributed by atoms with Crippen molar-refractivity contribution in [3.63, 3.8) is 0 Å². The average molecular weight is 451 g/mol. The minimum Gasteiger partial charge on any atom is -0.495 e. The van der Waals surface area contributed by atoms with Gasteiger partial charge in [0, 0.05) is 5.02 Å². The first-order chi connectivity index (χ1) is 15.3. The van der Waals surface area contributed by atoms with E-state index in [4.69, 9.17) is 16.3 Å². The number of rotatable bonds is 5. The van der Waals surface area contributed by atoms with Gasteiger partial charge in [-0.3, -0.25) is 9.59 Å². The van der Waals surface area contributed by atoms with Crippen molar-refractivity contribution in [1.29, 1.82) is 0 Å². The molecular formula is C25H20ClFN2O3. The maximum Gasteiger partial charge on any atom is 0.282 e. The lowest BCUT2D eigenvalue weighted by Crippen LogP contribution is -2.32. The molecule has 0 aliphatic carbocycles. The molecular weight excluding hydrogens is 431 g/mol. The summed E-state index contributed by atoms with van der Waals surface area (Å²) >= 11 is 6.14. The highest BCUT2D eigenvalue weighted by Gasteiger charge is 2.40. The molecule has 0 radical (unpaired) electrons. The SMILES string of the molecule is COc1ccc(Cl)cc1NC1=C(c2ccc(F)cc2)C(=O)N(c2ccc(C)c(C)c2)C1=O. The van der Waals surface area contributed by atoms with Crippen molar-refractivity contribution in [2.75, 3.05) is 17.3 Å². The molecule has 1 heterocycles. The second kappa shape index (κ2) is 8.48. The van der Waals surface area contributed by atoms with E-state index in [1.54, 1.807) is 30.3 Å². The van der Waals surface area contributed by atoms with Gasteiger partial charge in [-0.15, -0.1) is 0 Å². The number of amides is 2. The van der Waals surface area contributed by atoms with Crippen LogP contribution in [-0.4, -0.2) is 18.9 Å². The predicted molar refractivity (Wildman–Crippen MR) is 123 cm³/mol. The Labute approximate surface area is 190 Å². The predicted octanol–water partition coefficient (Wildman–Crippen LogP) is 5.50. The van der Waals surface area contributed by atoms with E-state index in [1.165, 1.54) is 31.4 Å². The number of nitrogens with one attached hydrogen (secondary N) is 1. The van der Waals surface area contributed by atoms with Gasteiger partial charge >= 0.3 is 0 Å². The molecule has 2 amide bonds. The molecule has 0 saturated carbocycles. The molecule has 3 aromatic rings. The van der Waals surface area contributed by atoms with Gasteiger partial charge in [-0.1, -0.05) is 29.8 Å². The van der Waals surface area contributed by atoms with Crippen molar-refractivity contribution in [1.82, 2.24) is 0 Å². The molecule has 0 saturated heterocycles. The van der Waals surface area contributed by atoms with Crippen LogP contribution in [0.5, 0.6) is 5.75 Å². The Morgan fingerprint density at radius 2 is 1.62 bits per heavy atom. The zero-order valence-electron chi connectivity index (χ0n) is 17.7. The number of ether oxygens (including phenoxy) is 1.